The smallest absolute Gasteiger partial charge is 0.191 e. The average Bonchev–Trinajstić information content (AvgIpc) is 2.41. The number of hydrogen-bond donors (Lipinski definition) is 1. The van der Waals surface area contributed by atoms with Crippen LogP contribution < -0.4 is 5.73 Å². The first-order valence-corrected chi connectivity index (χ1v) is 7.57. The Morgan fingerprint density at radius 2 is 1.76 bits per heavy atom. The molecule has 0 bridgehead atoms. The molecule has 0 aromatic heterocycles. The van der Waals surface area contributed by atoms with Crippen molar-refractivity contribution in [2.45, 2.75) is 33.1 Å². The molecule has 3 nitrogen and oxygen atoms in total. The van der Waals surface area contributed by atoms with Gasteiger partial charge in [0.15, 0.2) is 5.96 Å². The van der Waals surface area contributed by atoms with Crippen LogP contribution in [0.4, 0.5) is 0 Å². The highest BCUT2D eigenvalue weighted by molar-refractivity contribution is 14.0. The molecule has 0 radical (unpaired) electrons. The zero-order chi connectivity index (χ0) is 15.3. The minimum absolute atomic E-state index is 0. The molecular weight excluding hydrogens is 420 g/mol. The van der Waals surface area contributed by atoms with Crippen LogP contribution in [-0.4, -0.2) is 30.5 Å². The number of nitrogens with two attached hydrogens (primary N) is 1. The molecule has 0 unspecified atom stereocenters. The summed E-state index contributed by atoms with van der Waals surface area (Å²) in [5.74, 6) is 0.586. The monoisotopic (exact) mass is 443 g/mol. The Morgan fingerprint density at radius 3 is 2.24 bits per heavy atom. The highest BCUT2D eigenvalue weighted by Crippen LogP contribution is 2.30. The van der Waals surface area contributed by atoms with E-state index in [1.807, 2.05) is 23.1 Å². The second-order valence-corrected chi connectivity index (χ2v) is 6.17. The van der Waals surface area contributed by atoms with Gasteiger partial charge in [0, 0.05) is 18.5 Å². The molecule has 0 spiro atoms. The molecule has 1 rings (SSSR count). The third-order valence-electron chi connectivity index (χ3n) is 3.42. The van der Waals surface area contributed by atoms with Gasteiger partial charge >= 0.3 is 0 Å². The molecule has 0 fully saturated rings. The fraction of sp³-hybridized carbons (Fsp3) is 0.533. The van der Waals surface area contributed by atoms with E-state index in [1.54, 1.807) is 0 Å². The molecule has 0 saturated carbocycles. The molecule has 0 saturated heterocycles. The Morgan fingerprint density at radius 1 is 1.19 bits per heavy atom. The summed E-state index contributed by atoms with van der Waals surface area (Å²) in [7, 11) is 0. The van der Waals surface area contributed by atoms with Crippen LogP contribution in [-0.2, 0) is 5.41 Å². The van der Waals surface area contributed by atoms with Crippen LogP contribution in [0.5, 0.6) is 0 Å². The highest BCUT2D eigenvalue weighted by atomic mass is 127. The van der Waals surface area contributed by atoms with Crippen molar-refractivity contribution < 1.29 is 0 Å². The van der Waals surface area contributed by atoms with Gasteiger partial charge in [-0.25, -0.2) is 0 Å². The quantitative estimate of drug-likeness (QED) is 0.412. The van der Waals surface area contributed by atoms with E-state index in [4.69, 9.17) is 28.9 Å². The van der Waals surface area contributed by atoms with E-state index in [9.17, 15) is 0 Å². The third-order valence-corrected chi connectivity index (χ3v) is 4.16. The van der Waals surface area contributed by atoms with Crippen molar-refractivity contribution in [2.24, 2.45) is 10.7 Å². The first kappa shape index (κ1) is 20.8. The molecule has 21 heavy (non-hydrogen) atoms. The highest BCUT2D eigenvalue weighted by Gasteiger charge is 2.21. The maximum absolute atomic E-state index is 6.08. The minimum atomic E-state index is -0.147. The largest absolute Gasteiger partial charge is 0.370 e. The van der Waals surface area contributed by atoms with E-state index in [2.05, 4.69) is 32.7 Å². The molecule has 2 N–H and O–H groups in total. The Labute approximate surface area is 154 Å². The summed E-state index contributed by atoms with van der Waals surface area (Å²) >= 11 is 12.0. The summed E-state index contributed by atoms with van der Waals surface area (Å²) in [6.07, 6.45) is 0. The molecule has 0 heterocycles. The van der Waals surface area contributed by atoms with Gasteiger partial charge in [0.2, 0.25) is 0 Å². The Bertz CT molecular complexity index is 486. The van der Waals surface area contributed by atoms with Crippen LogP contribution >= 0.6 is 47.2 Å². The summed E-state index contributed by atoms with van der Waals surface area (Å²) in [6.45, 7) is 10.7. The number of nitrogens with zero attached hydrogens (tertiary/aromatic N) is 2. The lowest BCUT2D eigenvalue weighted by Crippen LogP contribution is -2.38. The van der Waals surface area contributed by atoms with Gasteiger partial charge in [-0.1, -0.05) is 43.1 Å². The van der Waals surface area contributed by atoms with Crippen molar-refractivity contribution in [1.29, 1.82) is 0 Å². The van der Waals surface area contributed by atoms with E-state index < -0.39 is 0 Å². The fourth-order valence-electron chi connectivity index (χ4n) is 1.93. The van der Waals surface area contributed by atoms with Gasteiger partial charge in [0.25, 0.3) is 0 Å². The SMILES string of the molecule is CCN(CC)C(N)=NCC(C)(C)c1ccc(Cl)c(Cl)c1.I. The Balaban J connectivity index is 0.00000400. The van der Waals surface area contributed by atoms with Crippen molar-refractivity contribution in [3.63, 3.8) is 0 Å². The number of halogens is 3. The van der Waals surface area contributed by atoms with Crippen molar-refractivity contribution in [1.82, 2.24) is 4.90 Å². The molecule has 6 heteroatoms. The first-order chi connectivity index (χ1) is 9.31. The third kappa shape index (κ3) is 5.83. The molecule has 0 atom stereocenters. The van der Waals surface area contributed by atoms with E-state index in [1.165, 1.54) is 0 Å². The molecular formula is C15H24Cl2IN3. The van der Waals surface area contributed by atoms with Gasteiger partial charge in [-0.3, -0.25) is 4.99 Å². The maximum atomic E-state index is 6.08. The predicted octanol–water partition coefficient (Wildman–Crippen LogP) is 4.55. The molecule has 1 aromatic rings. The van der Waals surface area contributed by atoms with Crippen LogP contribution in [0.1, 0.15) is 33.3 Å². The number of hydrogen-bond acceptors (Lipinski definition) is 1. The number of rotatable bonds is 5. The first-order valence-electron chi connectivity index (χ1n) is 6.82. The topological polar surface area (TPSA) is 41.6 Å². The molecule has 0 amide bonds. The van der Waals surface area contributed by atoms with Crippen LogP contribution in [0.2, 0.25) is 10.0 Å². The van der Waals surface area contributed by atoms with E-state index in [-0.39, 0.29) is 29.4 Å². The van der Waals surface area contributed by atoms with Gasteiger partial charge in [-0.05, 0) is 31.5 Å². The summed E-state index contributed by atoms with van der Waals surface area (Å²) in [5.41, 5.74) is 6.96. The van der Waals surface area contributed by atoms with Crippen LogP contribution in [0, 0.1) is 0 Å². The van der Waals surface area contributed by atoms with Crippen molar-refractivity contribution >= 4 is 53.1 Å². The standard InChI is InChI=1S/C15H23Cl2N3.HI/c1-5-20(6-2)14(18)19-10-15(3,4)11-7-8-12(16)13(17)9-11;/h7-9H,5-6,10H2,1-4H3,(H2,18,19);1H. The normalized spacial score (nSPS) is 12.0. The number of guanidine groups is 1. The minimum Gasteiger partial charge on any atom is -0.370 e. The lowest BCUT2D eigenvalue weighted by molar-refractivity contribution is 0.451. The van der Waals surface area contributed by atoms with E-state index in [0.29, 0.717) is 22.5 Å². The Hall–Kier alpha value is -0.200. The van der Waals surface area contributed by atoms with E-state index in [0.717, 1.165) is 18.7 Å². The van der Waals surface area contributed by atoms with Gasteiger partial charge in [0.1, 0.15) is 0 Å². The lowest BCUT2D eigenvalue weighted by Gasteiger charge is -2.25. The van der Waals surface area contributed by atoms with Gasteiger partial charge in [0.05, 0.1) is 16.6 Å². The predicted molar refractivity (Wildman–Crippen MR) is 104 cm³/mol. The van der Waals surface area contributed by atoms with Gasteiger partial charge in [-0.15, -0.1) is 24.0 Å². The van der Waals surface area contributed by atoms with Crippen LogP contribution in [0.3, 0.4) is 0 Å². The summed E-state index contributed by atoms with van der Waals surface area (Å²) < 4.78 is 0. The maximum Gasteiger partial charge on any atom is 0.191 e. The van der Waals surface area contributed by atoms with Crippen molar-refractivity contribution in [2.75, 3.05) is 19.6 Å². The molecule has 120 valence electrons. The second kappa shape index (κ2) is 9.06. The number of aliphatic imine (C=N–C) groups is 1. The summed E-state index contributed by atoms with van der Waals surface area (Å²) in [5, 5.41) is 1.13. The van der Waals surface area contributed by atoms with Gasteiger partial charge in [-0.2, -0.15) is 0 Å². The summed E-state index contributed by atoms with van der Waals surface area (Å²) in [4.78, 5) is 6.54. The zero-order valence-electron chi connectivity index (χ0n) is 13.0. The summed E-state index contributed by atoms with van der Waals surface area (Å²) in [6, 6.07) is 5.70. The molecule has 1 aromatic carbocycles. The molecule has 0 aliphatic carbocycles. The number of benzene rings is 1. The second-order valence-electron chi connectivity index (χ2n) is 5.36. The van der Waals surface area contributed by atoms with Crippen LogP contribution in [0.25, 0.3) is 0 Å². The lowest BCUT2D eigenvalue weighted by atomic mass is 9.85. The van der Waals surface area contributed by atoms with Gasteiger partial charge < -0.3 is 10.6 Å². The van der Waals surface area contributed by atoms with Crippen LogP contribution in [0.15, 0.2) is 23.2 Å². The zero-order valence-corrected chi connectivity index (χ0v) is 16.8. The van der Waals surface area contributed by atoms with Crippen molar-refractivity contribution in [3.8, 4) is 0 Å². The fourth-order valence-corrected chi connectivity index (χ4v) is 2.23. The van der Waals surface area contributed by atoms with E-state index >= 15 is 0 Å². The van der Waals surface area contributed by atoms with Crippen molar-refractivity contribution in [3.05, 3.63) is 33.8 Å². The molecule has 0 aliphatic rings. The average molecular weight is 444 g/mol. The molecule has 0 aliphatic heterocycles. The Kier molecular flexibility index (Phi) is 8.97.